The van der Waals surface area contributed by atoms with E-state index < -0.39 is 17.7 Å². The zero-order valence-corrected chi connectivity index (χ0v) is 13.9. The second-order valence-electron chi connectivity index (χ2n) is 6.24. The normalized spacial score (nSPS) is 21.4. The molecule has 0 radical (unpaired) electrons. The highest BCUT2D eigenvalue weighted by molar-refractivity contribution is 5.80. The van der Waals surface area contributed by atoms with Crippen molar-refractivity contribution in [2.24, 2.45) is 5.92 Å². The zero-order chi connectivity index (χ0) is 17.5. The topological polar surface area (TPSA) is 75.6 Å². The van der Waals surface area contributed by atoms with E-state index in [1.165, 1.54) is 25.3 Å². The van der Waals surface area contributed by atoms with Gasteiger partial charge in [-0.05, 0) is 31.0 Å². The monoisotopic (exact) mass is 337 g/mol. The van der Waals surface area contributed by atoms with Gasteiger partial charge in [-0.3, -0.25) is 9.59 Å². The first-order valence-electron chi connectivity index (χ1n) is 8.36. The van der Waals surface area contributed by atoms with E-state index in [2.05, 4.69) is 5.32 Å². The fraction of sp³-hybridized carbons (Fsp3) is 0.556. The van der Waals surface area contributed by atoms with E-state index in [-0.39, 0.29) is 18.4 Å². The average molecular weight is 337 g/mol. The van der Waals surface area contributed by atoms with E-state index >= 15 is 0 Å². The summed E-state index contributed by atoms with van der Waals surface area (Å²) in [4.78, 5) is 23.8. The number of ether oxygens (including phenoxy) is 1. The van der Waals surface area contributed by atoms with Crippen LogP contribution in [0.5, 0.6) is 5.75 Å². The summed E-state index contributed by atoms with van der Waals surface area (Å²) in [5, 5.41) is 12.3. The number of carboxylic acid groups (broad SMARTS) is 1. The molecule has 1 aliphatic carbocycles. The van der Waals surface area contributed by atoms with Crippen molar-refractivity contribution in [1.82, 2.24) is 5.32 Å². The van der Waals surface area contributed by atoms with Crippen LogP contribution in [0.15, 0.2) is 18.2 Å². The van der Waals surface area contributed by atoms with Gasteiger partial charge in [-0.25, -0.2) is 4.39 Å². The molecule has 5 nitrogen and oxygen atoms in total. The maximum atomic E-state index is 13.4. The molecule has 1 aliphatic rings. The first kappa shape index (κ1) is 18.2. The molecule has 132 valence electrons. The molecule has 0 aliphatic heterocycles. The molecule has 1 amide bonds. The van der Waals surface area contributed by atoms with Crippen LogP contribution in [-0.2, 0) is 16.0 Å². The van der Waals surface area contributed by atoms with Crippen LogP contribution in [-0.4, -0.2) is 30.1 Å². The van der Waals surface area contributed by atoms with Crippen molar-refractivity contribution >= 4 is 11.9 Å². The lowest BCUT2D eigenvalue weighted by atomic mass is 9.86. The van der Waals surface area contributed by atoms with Crippen molar-refractivity contribution in [2.75, 3.05) is 7.11 Å². The van der Waals surface area contributed by atoms with Crippen LogP contribution >= 0.6 is 0 Å². The highest BCUT2D eigenvalue weighted by atomic mass is 19.1. The minimum atomic E-state index is -0.870. The molecule has 1 saturated carbocycles. The van der Waals surface area contributed by atoms with E-state index in [1.54, 1.807) is 0 Å². The van der Waals surface area contributed by atoms with E-state index in [9.17, 15) is 19.1 Å². The van der Waals surface area contributed by atoms with E-state index in [1.807, 2.05) is 0 Å². The van der Waals surface area contributed by atoms with Crippen molar-refractivity contribution in [3.63, 3.8) is 0 Å². The molecular weight excluding hydrogens is 313 g/mol. The molecule has 0 heterocycles. The van der Waals surface area contributed by atoms with Gasteiger partial charge in [-0.15, -0.1) is 0 Å². The van der Waals surface area contributed by atoms with Crippen LogP contribution in [0.2, 0.25) is 0 Å². The number of methoxy groups -OCH3 is 1. The first-order valence-corrected chi connectivity index (χ1v) is 8.36. The second kappa shape index (κ2) is 8.66. The Labute approximate surface area is 141 Å². The molecular formula is C18H24FNO4. The van der Waals surface area contributed by atoms with Gasteiger partial charge in [-0.1, -0.05) is 25.7 Å². The minimum Gasteiger partial charge on any atom is -0.496 e. The third-order valence-corrected chi connectivity index (χ3v) is 4.52. The van der Waals surface area contributed by atoms with Gasteiger partial charge in [-0.2, -0.15) is 0 Å². The number of rotatable bonds is 5. The maximum Gasteiger partial charge on any atom is 0.308 e. The molecule has 1 aromatic carbocycles. The summed E-state index contributed by atoms with van der Waals surface area (Å²) in [6.07, 6.45) is 5.04. The Kier molecular flexibility index (Phi) is 6.58. The predicted molar refractivity (Wildman–Crippen MR) is 87.4 cm³/mol. The third kappa shape index (κ3) is 4.94. The standard InChI is InChI=1S/C18H24FNO4/c1-24-16-9-8-13(19)10-12(16)11-17(21)20-15-7-5-3-2-4-6-14(15)18(22)23/h8-10,14-15H,2-7,11H2,1H3,(H,20,21)(H,22,23). The van der Waals surface area contributed by atoms with Gasteiger partial charge < -0.3 is 15.2 Å². The van der Waals surface area contributed by atoms with Crippen LogP contribution in [0.4, 0.5) is 4.39 Å². The van der Waals surface area contributed by atoms with Gasteiger partial charge in [0.15, 0.2) is 0 Å². The Balaban J connectivity index is 2.06. The molecule has 2 N–H and O–H groups in total. The van der Waals surface area contributed by atoms with Gasteiger partial charge in [0, 0.05) is 11.6 Å². The number of carbonyl (C=O) groups excluding carboxylic acids is 1. The number of amides is 1. The van der Waals surface area contributed by atoms with Crippen LogP contribution in [0.25, 0.3) is 0 Å². The summed E-state index contributed by atoms with van der Waals surface area (Å²) in [7, 11) is 1.46. The number of nitrogens with one attached hydrogen (secondary N) is 1. The van der Waals surface area contributed by atoms with Crippen LogP contribution in [0, 0.1) is 11.7 Å². The maximum absolute atomic E-state index is 13.4. The quantitative estimate of drug-likeness (QED) is 0.866. The largest absolute Gasteiger partial charge is 0.496 e. The molecule has 0 bridgehead atoms. The number of aliphatic carboxylic acids is 1. The van der Waals surface area contributed by atoms with Gasteiger partial charge in [0.1, 0.15) is 11.6 Å². The minimum absolute atomic E-state index is 0.0379. The summed E-state index contributed by atoms with van der Waals surface area (Å²) in [5.41, 5.74) is 0.452. The fourth-order valence-corrected chi connectivity index (χ4v) is 3.27. The lowest BCUT2D eigenvalue weighted by molar-refractivity contribution is -0.143. The molecule has 0 spiro atoms. The van der Waals surface area contributed by atoms with E-state index in [0.29, 0.717) is 24.2 Å². The smallest absolute Gasteiger partial charge is 0.308 e. The van der Waals surface area contributed by atoms with Gasteiger partial charge in [0.25, 0.3) is 0 Å². The number of benzene rings is 1. The number of hydrogen-bond donors (Lipinski definition) is 2. The molecule has 2 rings (SSSR count). The Morgan fingerprint density at radius 2 is 1.96 bits per heavy atom. The second-order valence-corrected chi connectivity index (χ2v) is 6.24. The number of carbonyl (C=O) groups is 2. The molecule has 0 saturated heterocycles. The Morgan fingerprint density at radius 1 is 1.25 bits per heavy atom. The summed E-state index contributed by atoms with van der Waals surface area (Å²) >= 11 is 0. The number of hydrogen-bond acceptors (Lipinski definition) is 3. The zero-order valence-electron chi connectivity index (χ0n) is 13.9. The predicted octanol–water partition coefficient (Wildman–Crippen LogP) is 2.92. The van der Waals surface area contributed by atoms with Crippen LogP contribution < -0.4 is 10.1 Å². The van der Waals surface area contributed by atoms with Crippen molar-refractivity contribution in [3.8, 4) is 5.75 Å². The first-order chi connectivity index (χ1) is 11.5. The number of halogens is 1. The summed E-state index contributed by atoms with van der Waals surface area (Å²) in [6, 6.07) is 3.64. The van der Waals surface area contributed by atoms with Crippen molar-refractivity contribution in [3.05, 3.63) is 29.6 Å². The summed E-state index contributed by atoms with van der Waals surface area (Å²) < 4.78 is 18.5. The molecule has 0 aromatic heterocycles. The molecule has 24 heavy (non-hydrogen) atoms. The molecule has 6 heteroatoms. The highest BCUT2D eigenvalue weighted by Crippen LogP contribution is 2.24. The lowest BCUT2D eigenvalue weighted by Crippen LogP contribution is -2.44. The van der Waals surface area contributed by atoms with Crippen molar-refractivity contribution in [2.45, 2.75) is 51.0 Å². The molecule has 2 atom stereocenters. The summed E-state index contributed by atoms with van der Waals surface area (Å²) in [6.45, 7) is 0. The van der Waals surface area contributed by atoms with E-state index in [4.69, 9.17) is 4.74 Å². The SMILES string of the molecule is COc1ccc(F)cc1CC(=O)NC1CCCCCCC1C(=O)O. The van der Waals surface area contributed by atoms with Gasteiger partial charge >= 0.3 is 5.97 Å². The average Bonchev–Trinajstić information content (AvgIpc) is 2.50. The fourth-order valence-electron chi connectivity index (χ4n) is 3.27. The molecule has 2 unspecified atom stereocenters. The van der Waals surface area contributed by atoms with Crippen LogP contribution in [0.1, 0.15) is 44.1 Å². The van der Waals surface area contributed by atoms with Crippen LogP contribution in [0.3, 0.4) is 0 Å². The number of carboxylic acids is 1. The Bertz CT molecular complexity index is 590. The molecule has 1 fully saturated rings. The Morgan fingerprint density at radius 3 is 2.62 bits per heavy atom. The molecule has 1 aromatic rings. The van der Waals surface area contributed by atoms with Gasteiger partial charge in [0.2, 0.25) is 5.91 Å². The third-order valence-electron chi connectivity index (χ3n) is 4.52. The lowest BCUT2D eigenvalue weighted by Gasteiger charge is -2.27. The van der Waals surface area contributed by atoms with Crippen molar-refractivity contribution < 1.29 is 23.8 Å². The van der Waals surface area contributed by atoms with Crippen molar-refractivity contribution in [1.29, 1.82) is 0 Å². The van der Waals surface area contributed by atoms with Gasteiger partial charge in [0.05, 0.1) is 19.4 Å². The highest BCUT2D eigenvalue weighted by Gasteiger charge is 2.30. The van der Waals surface area contributed by atoms with E-state index in [0.717, 1.165) is 25.7 Å². The Hall–Kier alpha value is -2.11. The summed E-state index contributed by atoms with van der Waals surface area (Å²) in [5.74, 6) is -1.74.